The lowest BCUT2D eigenvalue weighted by Gasteiger charge is -2.02. The Kier molecular flexibility index (Phi) is 3.69. The van der Waals surface area contributed by atoms with Crippen LogP contribution in [0.15, 0.2) is 24.3 Å². The van der Waals surface area contributed by atoms with Gasteiger partial charge in [0, 0.05) is 18.5 Å². The molecule has 14 heavy (non-hydrogen) atoms. The average molecular weight is 191 g/mol. The van der Waals surface area contributed by atoms with Gasteiger partial charge in [-0.15, -0.1) is 12.3 Å². The summed E-state index contributed by atoms with van der Waals surface area (Å²) in [4.78, 5) is 11.3. The van der Waals surface area contributed by atoms with Crippen LogP contribution in [0, 0.1) is 18.2 Å². The van der Waals surface area contributed by atoms with Gasteiger partial charge in [-0.3, -0.25) is 4.79 Å². The van der Waals surface area contributed by atoms with Crippen molar-refractivity contribution in [3.8, 4) is 12.3 Å². The van der Waals surface area contributed by atoms with Gasteiger partial charge in [0.2, 0.25) is 0 Å². The Balaban J connectivity index is 2.57. The van der Waals surface area contributed by atoms with E-state index in [2.05, 4.69) is 11.2 Å². The maximum atomic E-state index is 12.7. The predicted molar refractivity (Wildman–Crippen MR) is 52.2 cm³/mol. The van der Waals surface area contributed by atoms with Crippen molar-refractivity contribution in [3.63, 3.8) is 0 Å². The minimum Gasteiger partial charge on any atom is -0.351 e. The van der Waals surface area contributed by atoms with Crippen molar-refractivity contribution in [2.75, 3.05) is 6.54 Å². The van der Waals surface area contributed by atoms with Gasteiger partial charge >= 0.3 is 0 Å². The van der Waals surface area contributed by atoms with Crippen LogP contribution in [-0.2, 0) is 0 Å². The molecule has 0 aliphatic carbocycles. The molecule has 0 heterocycles. The van der Waals surface area contributed by atoms with Crippen LogP contribution in [0.5, 0.6) is 0 Å². The number of terminal acetylenes is 1. The van der Waals surface area contributed by atoms with Crippen LogP contribution in [0.1, 0.15) is 16.8 Å². The second kappa shape index (κ2) is 5.03. The molecule has 0 fully saturated rings. The number of halogens is 1. The summed E-state index contributed by atoms with van der Waals surface area (Å²) in [6.07, 6.45) is 5.49. The van der Waals surface area contributed by atoms with Crippen LogP contribution in [0.3, 0.4) is 0 Å². The molecular weight excluding hydrogens is 181 g/mol. The van der Waals surface area contributed by atoms with Gasteiger partial charge in [-0.25, -0.2) is 4.39 Å². The van der Waals surface area contributed by atoms with E-state index in [9.17, 15) is 9.18 Å². The minimum atomic E-state index is -0.422. The number of amides is 1. The van der Waals surface area contributed by atoms with E-state index in [1.807, 2.05) is 0 Å². The molecule has 0 bridgehead atoms. The fourth-order valence-corrected chi connectivity index (χ4v) is 0.980. The monoisotopic (exact) mass is 191 g/mol. The molecule has 0 unspecified atom stereocenters. The minimum absolute atomic E-state index is 0.306. The highest BCUT2D eigenvalue weighted by Gasteiger charge is 2.04. The molecule has 0 saturated carbocycles. The average Bonchev–Trinajstić information content (AvgIpc) is 2.18. The molecule has 1 rings (SSSR count). The predicted octanol–water partition coefficient (Wildman–Crippen LogP) is 1.58. The third-order valence-corrected chi connectivity index (χ3v) is 1.64. The van der Waals surface area contributed by atoms with Crippen LogP contribution in [0.25, 0.3) is 0 Å². The summed E-state index contributed by atoms with van der Waals surface area (Å²) >= 11 is 0. The Bertz CT molecular complexity index is 368. The molecule has 2 nitrogen and oxygen atoms in total. The van der Waals surface area contributed by atoms with Crippen LogP contribution < -0.4 is 5.32 Å². The number of nitrogens with one attached hydrogen (secondary N) is 1. The first-order valence-electron chi connectivity index (χ1n) is 4.21. The van der Waals surface area contributed by atoms with Crippen LogP contribution in [0.2, 0.25) is 0 Å². The van der Waals surface area contributed by atoms with Gasteiger partial charge in [0.25, 0.3) is 5.91 Å². The van der Waals surface area contributed by atoms with Gasteiger partial charge in [-0.1, -0.05) is 6.07 Å². The summed E-state index contributed by atoms with van der Waals surface area (Å²) in [7, 11) is 0. The summed E-state index contributed by atoms with van der Waals surface area (Å²) < 4.78 is 12.7. The molecule has 1 N–H and O–H groups in total. The lowest BCUT2D eigenvalue weighted by Crippen LogP contribution is -2.24. The summed E-state index contributed by atoms with van der Waals surface area (Å²) in [5, 5.41) is 2.58. The van der Waals surface area contributed by atoms with Gasteiger partial charge in [0.05, 0.1) is 0 Å². The topological polar surface area (TPSA) is 29.1 Å². The number of hydrogen-bond acceptors (Lipinski definition) is 1. The van der Waals surface area contributed by atoms with Crippen molar-refractivity contribution in [2.45, 2.75) is 6.42 Å². The second-order valence-corrected chi connectivity index (χ2v) is 2.72. The molecule has 0 aromatic heterocycles. The Morgan fingerprint density at radius 1 is 1.57 bits per heavy atom. The summed E-state index contributed by atoms with van der Waals surface area (Å²) in [6.45, 7) is 0.409. The van der Waals surface area contributed by atoms with Crippen molar-refractivity contribution in [3.05, 3.63) is 35.6 Å². The Labute approximate surface area is 82.1 Å². The number of carbonyl (C=O) groups excluding carboxylic acids is 1. The SMILES string of the molecule is C#CCCNC(=O)c1cccc(F)c1. The number of rotatable bonds is 3. The zero-order chi connectivity index (χ0) is 10.4. The van der Waals surface area contributed by atoms with E-state index in [0.29, 0.717) is 18.5 Å². The number of hydrogen-bond donors (Lipinski definition) is 1. The van der Waals surface area contributed by atoms with E-state index in [1.165, 1.54) is 18.2 Å². The molecule has 72 valence electrons. The zero-order valence-electron chi connectivity index (χ0n) is 7.59. The summed E-state index contributed by atoms with van der Waals surface area (Å²) in [6, 6.07) is 5.52. The highest BCUT2D eigenvalue weighted by Crippen LogP contribution is 2.02. The molecule has 0 atom stereocenters. The van der Waals surface area contributed by atoms with Gasteiger partial charge in [-0.2, -0.15) is 0 Å². The van der Waals surface area contributed by atoms with E-state index in [4.69, 9.17) is 6.42 Å². The Morgan fingerprint density at radius 2 is 2.36 bits per heavy atom. The first-order valence-corrected chi connectivity index (χ1v) is 4.21. The lowest BCUT2D eigenvalue weighted by atomic mass is 10.2. The zero-order valence-corrected chi connectivity index (χ0v) is 7.59. The van der Waals surface area contributed by atoms with Crippen molar-refractivity contribution in [1.29, 1.82) is 0 Å². The highest BCUT2D eigenvalue weighted by molar-refractivity contribution is 5.94. The standard InChI is InChI=1S/C11H10FNO/c1-2-3-7-13-11(14)9-5-4-6-10(12)8-9/h1,4-6,8H,3,7H2,(H,13,14). The van der Waals surface area contributed by atoms with Crippen molar-refractivity contribution >= 4 is 5.91 Å². The van der Waals surface area contributed by atoms with Crippen molar-refractivity contribution < 1.29 is 9.18 Å². The number of carbonyl (C=O) groups is 1. The first-order chi connectivity index (χ1) is 6.74. The highest BCUT2D eigenvalue weighted by atomic mass is 19.1. The Morgan fingerprint density at radius 3 is 3.00 bits per heavy atom. The van der Waals surface area contributed by atoms with Crippen LogP contribution in [0.4, 0.5) is 4.39 Å². The van der Waals surface area contributed by atoms with E-state index < -0.39 is 5.82 Å². The first kappa shape index (κ1) is 10.3. The fraction of sp³-hybridized carbons (Fsp3) is 0.182. The quantitative estimate of drug-likeness (QED) is 0.570. The molecule has 1 aromatic carbocycles. The molecule has 1 amide bonds. The second-order valence-electron chi connectivity index (χ2n) is 2.72. The molecular formula is C11H10FNO. The fourth-order valence-electron chi connectivity index (χ4n) is 0.980. The van der Waals surface area contributed by atoms with Crippen LogP contribution >= 0.6 is 0 Å². The van der Waals surface area contributed by atoms with Gasteiger partial charge in [0.1, 0.15) is 5.82 Å². The molecule has 0 aliphatic rings. The van der Waals surface area contributed by atoms with E-state index >= 15 is 0 Å². The summed E-state index contributed by atoms with van der Waals surface area (Å²) in [5.74, 6) is 1.67. The maximum absolute atomic E-state index is 12.7. The smallest absolute Gasteiger partial charge is 0.251 e. The lowest BCUT2D eigenvalue weighted by molar-refractivity contribution is 0.0954. The van der Waals surface area contributed by atoms with Crippen molar-refractivity contribution in [2.24, 2.45) is 0 Å². The molecule has 3 heteroatoms. The van der Waals surface area contributed by atoms with Crippen molar-refractivity contribution in [1.82, 2.24) is 5.32 Å². The van der Waals surface area contributed by atoms with Crippen LogP contribution in [-0.4, -0.2) is 12.5 Å². The molecule has 0 aliphatic heterocycles. The van der Waals surface area contributed by atoms with E-state index in [0.717, 1.165) is 0 Å². The summed E-state index contributed by atoms with van der Waals surface area (Å²) in [5.41, 5.74) is 0.307. The van der Waals surface area contributed by atoms with E-state index in [1.54, 1.807) is 6.07 Å². The largest absolute Gasteiger partial charge is 0.351 e. The Hall–Kier alpha value is -1.82. The third kappa shape index (κ3) is 2.91. The molecule has 1 aromatic rings. The normalized spacial score (nSPS) is 9.14. The molecule has 0 radical (unpaired) electrons. The van der Waals surface area contributed by atoms with E-state index in [-0.39, 0.29) is 5.91 Å². The van der Waals surface area contributed by atoms with Gasteiger partial charge in [-0.05, 0) is 18.2 Å². The maximum Gasteiger partial charge on any atom is 0.251 e. The molecule has 0 saturated heterocycles. The van der Waals surface area contributed by atoms with Gasteiger partial charge in [0.15, 0.2) is 0 Å². The third-order valence-electron chi connectivity index (χ3n) is 1.64. The molecule has 0 spiro atoms. The number of benzene rings is 1. The van der Waals surface area contributed by atoms with Gasteiger partial charge < -0.3 is 5.32 Å².